The zero-order chi connectivity index (χ0) is 38.4. The molecule has 272 valence electrons. The molecule has 2 heteroatoms. The number of hydrogen-bond donors (Lipinski definition) is 0. The van der Waals surface area contributed by atoms with Crippen molar-refractivity contribution in [2.45, 2.75) is 0 Å². The summed E-state index contributed by atoms with van der Waals surface area (Å²) in [5, 5.41) is 7.24. The van der Waals surface area contributed by atoms with E-state index >= 15 is 0 Å². The van der Waals surface area contributed by atoms with Crippen molar-refractivity contribution in [1.82, 2.24) is 0 Å². The second-order valence-electron chi connectivity index (χ2n) is 14.9. The standard InChI is InChI=1S/C56H37NO/c1-2-14-42-36-43(27-26-38(42)12-1)39-28-32-46(33-29-39)57(47-34-30-41(31-35-47)51-22-11-23-53-52-20-6-8-25-55(52)58-56(51)53)54-24-7-5-19-50(54)45-17-9-16-44(37-45)49-21-10-15-40-13-3-4-18-48(40)49/h1-37H. The molecule has 0 radical (unpaired) electrons. The molecule has 1 heterocycles. The van der Waals surface area contributed by atoms with Gasteiger partial charge in [-0.25, -0.2) is 0 Å². The number of benzene rings is 10. The van der Waals surface area contributed by atoms with Gasteiger partial charge in [0.15, 0.2) is 0 Å². The first-order chi connectivity index (χ1) is 28.7. The summed E-state index contributed by atoms with van der Waals surface area (Å²) in [5.74, 6) is 0. The van der Waals surface area contributed by atoms with E-state index in [1.165, 1.54) is 43.8 Å². The highest BCUT2D eigenvalue weighted by Crippen LogP contribution is 2.44. The Morgan fingerprint density at radius 3 is 1.67 bits per heavy atom. The highest BCUT2D eigenvalue weighted by molar-refractivity contribution is 6.09. The topological polar surface area (TPSA) is 16.4 Å². The third kappa shape index (κ3) is 5.91. The van der Waals surface area contributed by atoms with Crippen LogP contribution in [0.5, 0.6) is 0 Å². The van der Waals surface area contributed by atoms with Crippen LogP contribution in [-0.4, -0.2) is 0 Å². The molecule has 1 aromatic heterocycles. The Bertz CT molecular complexity index is 3280. The summed E-state index contributed by atoms with van der Waals surface area (Å²) in [6.45, 7) is 0. The monoisotopic (exact) mass is 739 g/mol. The fourth-order valence-corrected chi connectivity index (χ4v) is 8.61. The van der Waals surface area contributed by atoms with Crippen LogP contribution in [-0.2, 0) is 0 Å². The van der Waals surface area contributed by atoms with Crippen LogP contribution in [0.2, 0.25) is 0 Å². The van der Waals surface area contributed by atoms with Gasteiger partial charge in [-0.15, -0.1) is 0 Å². The molecule has 0 spiro atoms. The van der Waals surface area contributed by atoms with E-state index in [9.17, 15) is 0 Å². The molecule has 2 nitrogen and oxygen atoms in total. The maximum Gasteiger partial charge on any atom is 0.143 e. The van der Waals surface area contributed by atoms with Gasteiger partial charge in [0.2, 0.25) is 0 Å². The van der Waals surface area contributed by atoms with E-state index in [4.69, 9.17) is 4.42 Å². The molecule has 0 aliphatic carbocycles. The molecule has 0 saturated carbocycles. The first-order valence-corrected chi connectivity index (χ1v) is 19.8. The summed E-state index contributed by atoms with van der Waals surface area (Å²) in [6.07, 6.45) is 0. The summed E-state index contributed by atoms with van der Waals surface area (Å²) >= 11 is 0. The second-order valence-corrected chi connectivity index (χ2v) is 14.9. The van der Waals surface area contributed by atoms with Crippen LogP contribution in [0, 0.1) is 0 Å². The highest BCUT2D eigenvalue weighted by atomic mass is 16.3. The molecule has 0 unspecified atom stereocenters. The lowest BCUT2D eigenvalue weighted by molar-refractivity contribution is 0.670. The second kappa shape index (κ2) is 14.1. The average molecular weight is 740 g/mol. The Labute approximate surface area is 337 Å². The van der Waals surface area contributed by atoms with Gasteiger partial charge < -0.3 is 9.32 Å². The normalized spacial score (nSPS) is 11.4. The Kier molecular flexibility index (Phi) is 8.19. The number of anilines is 3. The number of furan rings is 1. The quantitative estimate of drug-likeness (QED) is 0.162. The Hall–Kier alpha value is -7.68. The molecule has 0 atom stereocenters. The van der Waals surface area contributed by atoms with E-state index in [1.54, 1.807) is 0 Å². The van der Waals surface area contributed by atoms with Gasteiger partial charge in [-0.1, -0.05) is 176 Å². The average Bonchev–Trinajstić information content (AvgIpc) is 3.69. The van der Waals surface area contributed by atoms with Gasteiger partial charge in [-0.2, -0.15) is 0 Å². The number of para-hydroxylation sites is 3. The minimum atomic E-state index is 0.904. The summed E-state index contributed by atoms with van der Waals surface area (Å²) in [7, 11) is 0. The lowest BCUT2D eigenvalue weighted by atomic mass is 9.94. The molecule has 0 N–H and O–H groups in total. The van der Waals surface area contributed by atoms with Crippen molar-refractivity contribution in [1.29, 1.82) is 0 Å². The van der Waals surface area contributed by atoms with Crippen molar-refractivity contribution in [2.24, 2.45) is 0 Å². The van der Waals surface area contributed by atoms with Gasteiger partial charge >= 0.3 is 0 Å². The Balaban J connectivity index is 1.04. The van der Waals surface area contributed by atoms with E-state index in [0.29, 0.717) is 0 Å². The van der Waals surface area contributed by atoms with E-state index in [1.807, 2.05) is 12.1 Å². The number of fused-ring (bicyclic) bond motifs is 5. The molecule has 0 aliphatic rings. The number of hydrogen-bond acceptors (Lipinski definition) is 2. The smallest absolute Gasteiger partial charge is 0.143 e. The molecule has 0 bridgehead atoms. The summed E-state index contributed by atoms with van der Waals surface area (Å²) in [6, 6.07) is 80.7. The van der Waals surface area contributed by atoms with Crippen LogP contribution in [0.1, 0.15) is 0 Å². The largest absolute Gasteiger partial charge is 0.455 e. The van der Waals surface area contributed by atoms with Crippen molar-refractivity contribution in [3.63, 3.8) is 0 Å². The van der Waals surface area contributed by atoms with Crippen LogP contribution in [0.15, 0.2) is 229 Å². The molecule has 0 fully saturated rings. The predicted molar refractivity (Wildman–Crippen MR) is 245 cm³/mol. The minimum Gasteiger partial charge on any atom is -0.455 e. The molecule has 0 saturated heterocycles. The first kappa shape index (κ1) is 33.6. The summed E-state index contributed by atoms with van der Waals surface area (Å²) in [4.78, 5) is 2.38. The fraction of sp³-hybridized carbons (Fsp3) is 0. The fourth-order valence-electron chi connectivity index (χ4n) is 8.61. The van der Waals surface area contributed by atoms with E-state index in [0.717, 1.165) is 61.3 Å². The van der Waals surface area contributed by atoms with Crippen LogP contribution < -0.4 is 4.90 Å². The molecule has 58 heavy (non-hydrogen) atoms. The van der Waals surface area contributed by atoms with E-state index < -0.39 is 0 Å². The maximum absolute atomic E-state index is 6.45. The van der Waals surface area contributed by atoms with Gasteiger partial charge in [0.25, 0.3) is 0 Å². The lowest BCUT2D eigenvalue weighted by Crippen LogP contribution is -2.11. The van der Waals surface area contributed by atoms with Crippen LogP contribution in [0.3, 0.4) is 0 Å². The summed E-state index contributed by atoms with van der Waals surface area (Å²) < 4.78 is 6.45. The van der Waals surface area contributed by atoms with E-state index in [2.05, 4.69) is 217 Å². The zero-order valence-electron chi connectivity index (χ0n) is 31.7. The van der Waals surface area contributed by atoms with Gasteiger partial charge in [-0.3, -0.25) is 0 Å². The zero-order valence-corrected chi connectivity index (χ0v) is 31.7. The van der Waals surface area contributed by atoms with Crippen molar-refractivity contribution in [3.8, 4) is 44.5 Å². The Morgan fingerprint density at radius 1 is 0.293 bits per heavy atom. The number of nitrogens with zero attached hydrogens (tertiary/aromatic N) is 1. The molecular formula is C56H37NO. The van der Waals surface area contributed by atoms with Crippen LogP contribution in [0.4, 0.5) is 17.1 Å². The Morgan fingerprint density at radius 2 is 0.845 bits per heavy atom. The van der Waals surface area contributed by atoms with E-state index in [-0.39, 0.29) is 0 Å². The predicted octanol–water partition coefficient (Wildman–Crippen LogP) is 16.0. The third-order valence-corrected chi connectivity index (χ3v) is 11.5. The van der Waals surface area contributed by atoms with Gasteiger partial charge in [0.1, 0.15) is 11.2 Å². The molecule has 0 aliphatic heterocycles. The molecule has 11 aromatic rings. The van der Waals surface area contributed by atoms with Crippen LogP contribution in [0.25, 0.3) is 88.0 Å². The molecule has 10 aromatic carbocycles. The first-order valence-electron chi connectivity index (χ1n) is 19.8. The third-order valence-electron chi connectivity index (χ3n) is 11.5. The minimum absolute atomic E-state index is 0.904. The van der Waals surface area contributed by atoms with Gasteiger partial charge in [0.05, 0.1) is 5.69 Å². The molecular weight excluding hydrogens is 703 g/mol. The van der Waals surface area contributed by atoms with Gasteiger partial charge in [0, 0.05) is 33.3 Å². The van der Waals surface area contributed by atoms with Crippen molar-refractivity contribution >= 4 is 60.5 Å². The molecule has 11 rings (SSSR count). The van der Waals surface area contributed by atoms with Crippen LogP contribution >= 0.6 is 0 Å². The lowest BCUT2D eigenvalue weighted by Gasteiger charge is -2.28. The van der Waals surface area contributed by atoms with Crippen molar-refractivity contribution in [2.75, 3.05) is 4.90 Å². The highest BCUT2D eigenvalue weighted by Gasteiger charge is 2.19. The SMILES string of the molecule is c1cc(-c2ccccc2N(c2ccc(-c3ccc4ccccc4c3)cc2)c2ccc(-c3cccc4c3oc3ccccc34)cc2)cc(-c2cccc3ccccc23)c1. The number of rotatable bonds is 7. The van der Waals surface area contributed by atoms with Crippen molar-refractivity contribution < 1.29 is 4.42 Å². The summed E-state index contributed by atoms with van der Waals surface area (Å²) in [5.41, 5.74) is 14.4. The maximum atomic E-state index is 6.45. The van der Waals surface area contributed by atoms with Crippen molar-refractivity contribution in [3.05, 3.63) is 224 Å². The molecule has 0 amide bonds. The van der Waals surface area contributed by atoms with Gasteiger partial charge in [-0.05, 0) is 103 Å².